The highest BCUT2D eigenvalue weighted by Gasteiger charge is 2.20. The summed E-state index contributed by atoms with van der Waals surface area (Å²) >= 11 is 5.96. The van der Waals surface area contributed by atoms with Crippen molar-refractivity contribution < 1.29 is 23.1 Å². The number of nitrogens with zero attached hydrogens (tertiary/aromatic N) is 4. The molecule has 12 heteroatoms. The number of amides is 1. The van der Waals surface area contributed by atoms with Gasteiger partial charge in [-0.25, -0.2) is 23.2 Å². The number of carbonyl (C=O) groups is 2. The summed E-state index contributed by atoms with van der Waals surface area (Å²) in [5.41, 5.74) is 0.0918. The SMILES string of the molecule is C[C@@H](NC(=O)c1cc(Cl)cc(S(C)(=O)=O)c1)c1ncnn1-c1ccc(C(=O)O)cn1. The maximum Gasteiger partial charge on any atom is 0.337 e. The van der Waals surface area contributed by atoms with E-state index in [4.69, 9.17) is 16.7 Å². The minimum absolute atomic E-state index is 0.0180. The number of carboxylic acid groups (broad SMARTS) is 1. The summed E-state index contributed by atoms with van der Waals surface area (Å²) < 4.78 is 24.9. The van der Waals surface area contributed by atoms with Crippen LogP contribution in [-0.2, 0) is 9.84 Å². The molecule has 0 radical (unpaired) electrons. The average molecular weight is 450 g/mol. The lowest BCUT2D eigenvalue weighted by Gasteiger charge is -2.15. The number of halogens is 1. The first kappa shape index (κ1) is 21.4. The summed E-state index contributed by atoms with van der Waals surface area (Å²) in [4.78, 5) is 31.7. The molecule has 0 spiro atoms. The maximum absolute atomic E-state index is 12.6. The van der Waals surface area contributed by atoms with Crippen LogP contribution in [0.15, 0.2) is 47.8 Å². The van der Waals surface area contributed by atoms with E-state index in [9.17, 15) is 18.0 Å². The van der Waals surface area contributed by atoms with Gasteiger partial charge in [0.25, 0.3) is 5.91 Å². The molecular formula is C18H16ClN5O5S. The zero-order chi connectivity index (χ0) is 22.1. The van der Waals surface area contributed by atoms with Crippen LogP contribution in [0.1, 0.15) is 39.5 Å². The Labute approximate surface area is 176 Å². The first-order valence-corrected chi connectivity index (χ1v) is 10.7. The summed E-state index contributed by atoms with van der Waals surface area (Å²) in [6.45, 7) is 1.66. The van der Waals surface area contributed by atoms with Crippen molar-refractivity contribution in [3.63, 3.8) is 0 Å². The van der Waals surface area contributed by atoms with Crippen molar-refractivity contribution in [2.45, 2.75) is 17.9 Å². The Morgan fingerprint density at radius 2 is 1.90 bits per heavy atom. The number of nitrogens with one attached hydrogen (secondary N) is 1. The molecule has 0 fully saturated rings. The van der Waals surface area contributed by atoms with Crippen molar-refractivity contribution in [3.8, 4) is 5.82 Å². The van der Waals surface area contributed by atoms with E-state index >= 15 is 0 Å². The van der Waals surface area contributed by atoms with Crippen molar-refractivity contribution in [3.05, 3.63) is 64.8 Å². The Morgan fingerprint density at radius 1 is 1.17 bits per heavy atom. The molecule has 1 aromatic carbocycles. The van der Waals surface area contributed by atoms with Crippen LogP contribution in [0.5, 0.6) is 0 Å². The van der Waals surface area contributed by atoms with Crippen LogP contribution in [0.3, 0.4) is 0 Å². The molecule has 0 aliphatic heterocycles. The second-order valence-corrected chi connectivity index (χ2v) is 8.84. The van der Waals surface area contributed by atoms with E-state index in [2.05, 4.69) is 20.4 Å². The maximum atomic E-state index is 12.6. The van der Waals surface area contributed by atoms with Crippen LogP contribution in [0.4, 0.5) is 0 Å². The van der Waals surface area contributed by atoms with Crippen LogP contribution < -0.4 is 5.32 Å². The van der Waals surface area contributed by atoms with Gasteiger partial charge in [-0.1, -0.05) is 11.6 Å². The Balaban J connectivity index is 1.85. The lowest BCUT2D eigenvalue weighted by atomic mass is 10.2. The molecule has 1 amide bonds. The van der Waals surface area contributed by atoms with Crippen LogP contribution >= 0.6 is 11.6 Å². The largest absolute Gasteiger partial charge is 0.478 e. The lowest BCUT2D eigenvalue weighted by Crippen LogP contribution is -2.29. The topological polar surface area (TPSA) is 144 Å². The fourth-order valence-corrected chi connectivity index (χ4v) is 3.59. The molecule has 3 rings (SSSR count). The molecule has 0 saturated carbocycles. The fourth-order valence-electron chi connectivity index (χ4n) is 2.61. The number of aromatic carboxylic acids is 1. The third kappa shape index (κ3) is 4.63. The van der Waals surface area contributed by atoms with Gasteiger partial charge < -0.3 is 10.4 Å². The molecule has 0 aliphatic carbocycles. The van der Waals surface area contributed by atoms with E-state index in [0.29, 0.717) is 11.6 Å². The molecule has 156 valence electrons. The number of hydrogen-bond donors (Lipinski definition) is 2. The van der Waals surface area contributed by atoms with E-state index in [1.807, 2.05) is 0 Å². The number of hydrogen-bond acceptors (Lipinski definition) is 7. The summed E-state index contributed by atoms with van der Waals surface area (Å²) in [6, 6.07) is 6.06. The Hall–Kier alpha value is -3.31. The van der Waals surface area contributed by atoms with Crippen LogP contribution in [0.2, 0.25) is 5.02 Å². The number of carboxylic acids is 1. The van der Waals surface area contributed by atoms with E-state index in [1.54, 1.807) is 6.92 Å². The Kier molecular flexibility index (Phi) is 5.85. The molecule has 2 heterocycles. The van der Waals surface area contributed by atoms with Gasteiger partial charge in [-0.05, 0) is 37.3 Å². The molecule has 2 aromatic heterocycles. The van der Waals surface area contributed by atoms with Gasteiger partial charge >= 0.3 is 5.97 Å². The molecule has 3 aromatic rings. The number of benzene rings is 1. The first-order valence-electron chi connectivity index (χ1n) is 8.47. The summed E-state index contributed by atoms with van der Waals surface area (Å²) in [6.07, 6.45) is 3.48. The molecule has 0 aliphatic rings. The van der Waals surface area contributed by atoms with Gasteiger partial charge in [-0.2, -0.15) is 9.78 Å². The summed E-state index contributed by atoms with van der Waals surface area (Å²) in [7, 11) is -3.55. The predicted molar refractivity (Wildman–Crippen MR) is 107 cm³/mol. The van der Waals surface area contributed by atoms with Crippen molar-refractivity contribution in [1.82, 2.24) is 25.1 Å². The molecule has 0 unspecified atom stereocenters. The van der Waals surface area contributed by atoms with Crippen molar-refractivity contribution in [1.29, 1.82) is 0 Å². The molecule has 2 N–H and O–H groups in total. The highest BCUT2D eigenvalue weighted by atomic mass is 35.5. The number of rotatable bonds is 6. The van der Waals surface area contributed by atoms with Crippen molar-refractivity contribution in [2.24, 2.45) is 0 Å². The number of pyridine rings is 1. The highest BCUT2D eigenvalue weighted by Crippen LogP contribution is 2.20. The molecular weight excluding hydrogens is 434 g/mol. The second kappa shape index (κ2) is 8.20. The van der Waals surface area contributed by atoms with Crippen LogP contribution in [0.25, 0.3) is 5.82 Å². The molecule has 10 nitrogen and oxygen atoms in total. The second-order valence-electron chi connectivity index (χ2n) is 6.38. The number of carbonyl (C=O) groups excluding carboxylic acids is 1. The fraction of sp³-hybridized carbons (Fsp3) is 0.167. The minimum atomic E-state index is -3.55. The summed E-state index contributed by atoms with van der Waals surface area (Å²) in [5.74, 6) is -1.01. The van der Waals surface area contributed by atoms with Gasteiger partial charge in [-0.3, -0.25) is 4.79 Å². The number of sulfone groups is 1. The summed E-state index contributed by atoms with van der Waals surface area (Å²) in [5, 5.41) is 15.9. The minimum Gasteiger partial charge on any atom is -0.478 e. The Morgan fingerprint density at radius 3 is 2.50 bits per heavy atom. The average Bonchev–Trinajstić information content (AvgIpc) is 3.16. The van der Waals surface area contributed by atoms with Gasteiger partial charge in [-0.15, -0.1) is 0 Å². The zero-order valence-corrected chi connectivity index (χ0v) is 17.3. The lowest BCUT2D eigenvalue weighted by molar-refractivity contribution is 0.0696. The van der Waals surface area contributed by atoms with Gasteiger partial charge in [0.2, 0.25) is 0 Å². The van der Waals surface area contributed by atoms with Crippen LogP contribution in [0, 0.1) is 0 Å². The molecule has 30 heavy (non-hydrogen) atoms. The first-order chi connectivity index (χ1) is 14.1. The Bertz CT molecular complexity index is 1220. The number of aromatic nitrogens is 4. The highest BCUT2D eigenvalue weighted by molar-refractivity contribution is 7.90. The van der Waals surface area contributed by atoms with E-state index in [1.165, 1.54) is 47.5 Å². The zero-order valence-electron chi connectivity index (χ0n) is 15.8. The third-order valence-corrected chi connectivity index (χ3v) is 5.39. The van der Waals surface area contributed by atoms with Crippen molar-refractivity contribution in [2.75, 3.05) is 6.26 Å². The monoisotopic (exact) mass is 449 g/mol. The van der Waals surface area contributed by atoms with Gasteiger partial charge in [0, 0.05) is 23.0 Å². The van der Waals surface area contributed by atoms with E-state index in [0.717, 1.165) is 6.26 Å². The smallest absolute Gasteiger partial charge is 0.337 e. The van der Waals surface area contributed by atoms with Gasteiger partial charge in [0.1, 0.15) is 6.33 Å². The van der Waals surface area contributed by atoms with E-state index in [-0.39, 0.29) is 21.0 Å². The third-order valence-electron chi connectivity index (χ3n) is 4.08. The molecule has 0 bridgehead atoms. The van der Waals surface area contributed by atoms with E-state index < -0.39 is 27.8 Å². The van der Waals surface area contributed by atoms with Crippen LogP contribution in [-0.4, -0.2) is 51.4 Å². The standard InChI is InChI=1S/C18H16ClN5O5S/c1-10(23-17(25)12-5-13(19)7-14(6-12)30(2,28)29)16-21-9-22-24(16)15-4-3-11(8-20-15)18(26)27/h3-10H,1-2H3,(H,23,25)(H,26,27)/t10-/m1/s1. The predicted octanol–water partition coefficient (Wildman–Crippen LogP) is 1.91. The quantitative estimate of drug-likeness (QED) is 0.580. The van der Waals surface area contributed by atoms with Gasteiger partial charge in [0.15, 0.2) is 21.5 Å². The van der Waals surface area contributed by atoms with Gasteiger partial charge in [0.05, 0.1) is 16.5 Å². The normalized spacial score (nSPS) is 12.4. The molecule has 1 atom stereocenters. The van der Waals surface area contributed by atoms with Crippen molar-refractivity contribution >= 4 is 33.3 Å². The molecule has 0 saturated heterocycles.